The molecule has 2 aromatic rings. The van der Waals surface area contributed by atoms with E-state index in [0.717, 1.165) is 37.3 Å². The van der Waals surface area contributed by atoms with Crippen molar-refractivity contribution < 1.29 is 0 Å². The Hall–Kier alpha value is -1.64. The topological polar surface area (TPSA) is 77.1 Å². The molecule has 0 amide bonds. The summed E-state index contributed by atoms with van der Waals surface area (Å²) in [6, 6.07) is 0. The molecule has 0 saturated carbocycles. The van der Waals surface area contributed by atoms with Crippen molar-refractivity contribution in [1.29, 1.82) is 0 Å². The fourth-order valence-corrected chi connectivity index (χ4v) is 2.75. The maximum atomic E-state index is 12.3. The molecule has 1 N–H and O–H groups in total. The Bertz CT molecular complexity index is 771. The molecule has 1 fully saturated rings. The van der Waals surface area contributed by atoms with Gasteiger partial charge in [-0.15, -0.1) is 12.4 Å². The van der Waals surface area contributed by atoms with Gasteiger partial charge in [-0.05, 0) is 0 Å². The van der Waals surface area contributed by atoms with Gasteiger partial charge < -0.3 is 9.88 Å². The second-order valence-corrected chi connectivity index (χ2v) is 5.41. The van der Waals surface area contributed by atoms with Crippen LogP contribution in [-0.4, -0.2) is 56.3 Å². The maximum absolute atomic E-state index is 12.3. The fraction of sp³-hybridized carbons (Fsp3) is 0.615. The molecule has 8 nitrogen and oxygen atoms in total. The molecule has 9 heteroatoms. The molecule has 0 bridgehead atoms. The quantitative estimate of drug-likeness (QED) is 0.763. The van der Waals surface area contributed by atoms with Crippen molar-refractivity contribution in [2.45, 2.75) is 6.54 Å². The lowest BCUT2D eigenvalue weighted by molar-refractivity contribution is 0.233. The van der Waals surface area contributed by atoms with Gasteiger partial charge in [0, 0.05) is 53.4 Å². The zero-order chi connectivity index (χ0) is 15.0. The first-order valence-electron chi connectivity index (χ1n) is 7.13. The van der Waals surface area contributed by atoms with E-state index in [9.17, 15) is 9.59 Å². The van der Waals surface area contributed by atoms with Crippen LogP contribution < -0.4 is 16.6 Å². The van der Waals surface area contributed by atoms with E-state index < -0.39 is 0 Å². The molecule has 0 spiro atoms. The monoisotopic (exact) mass is 328 g/mol. The van der Waals surface area contributed by atoms with Crippen LogP contribution in [0.15, 0.2) is 15.9 Å². The Morgan fingerprint density at radius 1 is 1.14 bits per heavy atom. The third-order valence-electron chi connectivity index (χ3n) is 4.08. The van der Waals surface area contributed by atoms with E-state index in [1.165, 1.54) is 11.6 Å². The van der Waals surface area contributed by atoms with Crippen molar-refractivity contribution in [3.05, 3.63) is 27.2 Å². The minimum absolute atomic E-state index is 0. The van der Waals surface area contributed by atoms with Gasteiger partial charge in [-0.1, -0.05) is 0 Å². The molecule has 0 aromatic carbocycles. The first-order chi connectivity index (χ1) is 10.1. The van der Waals surface area contributed by atoms with Gasteiger partial charge in [-0.25, -0.2) is 9.78 Å². The van der Waals surface area contributed by atoms with Crippen molar-refractivity contribution in [2.75, 3.05) is 32.7 Å². The van der Waals surface area contributed by atoms with Crippen LogP contribution in [0.4, 0.5) is 0 Å². The van der Waals surface area contributed by atoms with Gasteiger partial charge in [0.25, 0.3) is 5.56 Å². The third-order valence-corrected chi connectivity index (χ3v) is 4.08. The zero-order valence-electron chi connectivity index (χ0n) is 12.8. The number of hydrogen-bond donors (Lipinski definition) is 1. The van der Waals surface area contributed by atoms with E-state index in [-0.39, 0.29) is 23.7 Å². The Balaban J connectivity index is 0.00000176. The van der Waals surface area contributed by atoms with Crippen molar-refractivity contribution in [3.8, 4) is 0 Å². The molecule has 0 aliphatic carbocycles. The van der Waals surface area contributed by atoms with Gasteiger partial charge in [0.1, 0.15) is 0 Å². The highest BCUT2D eigenvalue weighted by atomic mass is 35.5. The Morgan fingerprint density at radius 2 is 1.82 bits per heavy atom. The number of fused-ring (bicyclic) bond motifs is 1. The minimum atomic E-state index is -0.347. The number of nitrogens with zero attached hydrogens (tertiary/aromatic N) is 5. The summed E-state index contributed by atoms with van der Waals surface area (Å²) < 4.78 is 4.39. The molecule has 0 unspecified atom stereocenters. The van der Waals surface area contributed by atoms with Crippen LogP contribution in [0, 0.1) is 0 Å². The second-order valence-electron chi connectivity index (χ2n) is 5.41. The number of nitrogens with one attached hydrogen (secondary N) is 1. The lowest BCUT2D eigenvalue weighted by atomic mass is 10.3. The largest absolute Gasteiger partial charge is 0.332 e. The number of aryl methyl sites for hydroxylation is 1. The highest BCUT2D eigenvalue weighted by Crippen LogP contribution is 2.05. The van der Waals surface area contributed by atoms with Gasteiger partial charge in [0.2, 0.25) is 0 Å². The first kappa shape index (κ1) is 16.7. The number of aromatic nitrogens is 4. The minimum Gasteiger partial charge on any atom is -0.323 e. The number of hydrogen-bond acceptors (Lipinski definition) is 5. The van der Waals surface area contributed by atoms with Crippen LogP contribution in [0.2, 0.25) is 0 Å². The summed E-state index contributed by atoms with van der Waals surface area (Å²) >= 11 is 0. The van der Waals surface area contributed by atoms with Gasteiger partial charge in [-0.2, -0.15) is 0 Å². The molecule has 0 radical (unpaired) electrons. The van der Waals surface area contributed by atoms with Crippen LogP contribution in [0.1, 0.15) is 0 Å². The second kappa shape index (κ2) is 6.64. The molecular weight excluding hydrogens is 308 g/mol. The van der Waals surface area contributed by atoms with Gasteiger partial charge in [0.15, 0.2) is 11.2 Å². The normalized spacial score (nSPS) is 15.9. The standard InChI is InChI=1S/C13H20N6O2.ClH/c1-16-11-10(12(20)17(2)13(16)21)19(9-15-11)8-7-18-5-3-14-4-6-18;/h9,14H,3-8H2,1-2H3;1H. The molecule has 1 aliphatic heterocycles. The van der Waals surface area contributed by atoms with Crippen molar-refractivity contribution in [3.63, 3.8) is 0 Å². The fourth-order valence-electron chi connectivity index (χ4n) is 2.75. The van der Waals surface area contributed by atoms with E-state index in [2.05, 4.69) is 15.2 Å². The highest BCUT2D eigenvalue weighted by molar-refractivity contribution is 5.85. The number of imidazole rings is 1. The summed E-state index contributed by atoms with van der Waals surface area (Å²) in [6.07, 6.45) is 1.65. The van der Waals surface area contributed by atoms with E-state index in [0.29, 0.717) is 17.7 Å². The number of piperazine rings is 1. The van der Waals surface area contributed by atoms with E-state index in [4.69, 9.17) is 0 Å². The molecular formula is C13H21ClN6O2. The Labute approximate surface area is 133 Å². The summed E-state index contributed by atoms with van der Waals surface area (Å²) in [6.45, 7) is 5.61. The summed E-state index contributed by atoms with van der Waals surface area (Å²) in [5, 5.41) is 3.32. The van der Waals surface area contributed by atoms with Gasteiger partial charge in [-0.3, -0.25) is 18.8 Å². The SMILES string of the molecule is Cl.Cn1c(=O)c2c(ncn2CCN2CCNCC2)n(C)c1=O. The van der Waals surface area contributed by atoms with E-state index >= 15 is 0 Å². The molecule has 1 aliphatic rings. The van der Waals surface area contributed by atoms with Crippen molar-refractivity contribution >= 4 is 23.6 Å². The van der Waals surface area contributed by atoms with Crippen molar-refractivity contribution in [1.82, 2.24) is 28.9 Å². The summed E-state index contributed by atoms with van der Waals surface area (Å²) in [5.74, 6) is 0. The Morgan fingerprint density at radius 3 is 2.50 bits per heavy atom. The van der Waals surface area contributed by atoms with E-state index in [1.807, 2.05) is 4.57 Å². The highest BCUT2D eigenvalue weighted by Gasteiger charge is 2.15. The summed E-state index contributed by atoms with van der Waals surface area (Å²) in [7, 11) is 3.13. The van der Waals surface area contributed by atoms with Crippen LogP contribution in [0.25, 0.3) is 11.2 Å². The van der Waals surface area contributed by atoms with Crippen LogP contribution in [0.3, 0.4) is 0 Å². The lowest BCUT2D eigenvalue weighted by Crippen LogP contribution is -2.44. The van der Waals surface area contributed by atoms with Crippen LogP contribution in [-0.2, 0) is 20.6 Å². The van der Waals surface area contributed by atoms with Gasteiger partial charge in [0.05, 0.1) is 6.33 Å². The van der Waals surface area contributed by atoms with Crippen molar-refractivity contribution in [2.24, 2.45) is 14.1 Å². The molecule has 3 heterocycles. The molecule has 3 rings (SSSR count). The summed E-state index contributed by atoms with van der Waals surface area (Å²) in [5.41, 5.74) is 0.309. The zero-order valence-corrected chi connectivity index (χ0v) is 13.6. The lowest BCUT2D eigenvalue weighted by Gasteiger charge is -2.27. The molecule has 122 valence electrons. The average Bonchev–Trinajstić information content (AvgIpc) is 2.94. The van der Waals surface area contributed by atoms with Crippen LogP contribution >= 0.6 is 12.4 Å². The smallest absolute Gasteiger partial charge is 0.323 e. The molecule has 1 saturated heterocycles. The number of rotatable bonds is 3. The van der Waals surface area contributed by atoms with E-state index in [1.54, 1.807) is 13.4 Å². The average molecular weight is 329 g/mol. The molecule has 2 aromatic heterocycles. The number of halogens is 1. The molecule has 22 heavy (non-hydrogen) atoms. The Kier molecular flexibility index (Phi) is 5.05. The third kappa shape index (κ3) is 2.81. The van der Waals surface area contributed by atoms with Crippen LogP contribution in [0.5, 0.6) is 0 Å². The first-order valence-corrected chi connectivity index (χ1v) is 7.13. The molecule has 0 atom stereocenters. The summed E-state index contributed by atoms with van der Waals surface area (Å²) in [4.78, 5) is 30.8. The predicted molar refractivity (Wildman–Crippen MR) is 86.8 cm³/mol. The van der Waals surface area contributed by atoms with Gasteiger partial charge >= 0.3 is 5.69 Å². The maximum Gasteiger partial charge on any atom is 0.332 e. The predicted octanol–water partition coefficient (Wildman–Crippen LogP) is -1.24.